The molecule has 4 rings (SSSR count). The number of benzene rings is 1. The van der Waals surface area contributed by atoms with Gasteiger partial charge in [-0.3, -0.25) is 14.5 Å². The van der Waals surface area contributed by atoms with Gasteiger partial charge in [-0.05, 0) is 50.1 Å². The fourth-order valence-corrected chi connectivity index (χ4v) is 5.20. The number of nitrogens with zero attached hydrogens (tertiary/aromatic N) is 2. The van der Waals surface area contributed by atoms with Gasteiger partial charge in [0, 0.05) is 10.6 Å². The Bertz CT molecular complexity index is 1220. The monoisotopic (exact) mass is 470 g/mol. The molecular weight excluding hydrogens is 453 g/mol. The van der Waals surface area contributed by atoms with Crippen LogP contribution in [0.5, 0.6) is 0 Å². The van der Waals surface area contributed by atoms with Crippen molar-refractivity contribution < 1.29 is 18.0 Å². The Morgan fingerprint density at radius 3 is 2.87 bits per heavy atom. The molecule has 3 aromatic rings. The molecule has 0 fully saturated rings. The fourth-order valence-electron chi connectivity index (χ4n) is 3.70. The smallest absolute Gasteiger partial charge is 0.325 e. The number of carbonyl (C=O) groups is 1. The molecule has 1 amide bonds. The van der Waals surface area contributed by atoms with Gasteiger partial charge in [0.15, 0.2) is 0 Å². The Balaban J connectivity index is 1.43. The molecule has 1 aliphatic carbocycles. The Hall–Kier alpha value is -2.43. The number of hydrogen-bond acceptors (Lipinski definition) is 5. The number of carbonyl (C=O) groups excluding carboxylic acids is 1. The molecule has 6 nitrogen and oxygen atoms in total. The summed E-state index contributed by atoms with van der Waals surface area (Å²) >= 11 is 7.12. The number of thiophene rings is 1. The first-order chi connectivity index (χ1) is 14.6. The fraction of sp³-hybridized carbons (Fsp3) is 0.350. The minimum absolute atomic E-state index is 0.00354. The van der Waals surface area contributed by atoms with Crippen LogP contribution in [-0.4, -0.2) is 34.4 Å². The number of H-pyrrole nitrogens is 1. The van der Waals surface area contributed by atoms with E-state index >= 15 is 0 Å². The summed E-state index contributed by atoms with van der Waals surface area (Å²) in [6.07, 6.45) is -1.72. The van der Waals surface area contributed by atoms with E-state index in [0.717, 1.165) is 37.0 Å². The first-order valence-electron chi connectivity index (χ1n) is 9.50. The third kappa shape index (κ3) is 4.60. The van der Waals surface area contributed by atoms with Crippen molar-refractivity contribution in [3.8, 4) is 0 Å². The van der Waals surface area contributed by atoms with E-state index in [1.54, 1.807) is 11.9 Å². The molecule has 0 bridgehead atoms. The number of rotatable bonds is 5. The molecule has 164 valence electrons. The van der Waals surface area contributed by atoms with Crippen LogP contribution < -0.4 is 10.9 Å². The number of nitrogens with one attached hydrogen (secondary N) is 2. The van der Waals surface area contributed by atoms with E-state index in [2.05, 4.69) is 15.3 Å². The molecule has 0 spiro atoms. The maximum atomic E-state index is 13.0. The van der Waals surface area contributed by atoms with Crippen molar-refractivity contribution in [3.05, 3.63) is 55.4 Å². The summed E-state index contributed by atoms with van der Waals surface area (Å²) in [4.78, 5) is 35.6. The molecule has 0 atom stereocenters. The van der Waals surface area contributed by atoms with E-state index < -0.39 is 22.7 Å². The van der Waals surface area contributed by atoms with Gasteiger partial charge >= 0.3 is 6.18 Å². The Morgan fingerprint density at radius 2 is 2.13 bits per heavy atom. The van der Waals surface area contributed by atoms with Crippen LogP contribution in [0.15, 0.2) is 23.0 Å². The zero-order valence-electron chi connectivity index (χ0n) is 16.4. The molecule has 0 aliphatic heterocycles. The molecule has 2 heterocycles. The van der Waals surface area contributed by atoms with Crippen molar-refractivity contribution in [3.63, 3.8) is 0 Å². The first-order valence-corrected chi connectivity index (χ1v) is 10.7. The topological polar surface area (TPSA) is 78.1 Å². The zero-order valence-corrected chi connectivity index (χ0v) is 18.0. The zero-order chi connectivity index (χ0) is 22.3. The lowest BCUT2D eigenvalue weighted by Crippen LogP contribution is -2.31. The maximum absolute atomic E-state index is 13.0. The quantitative estimate of drug-likeness (QED) is 0.585. The third-order valence-electron chi connectivity index (χ3n) is 5.01. The van der Waals surface area contributed by atoms with Crippen molar-refractivity contribution >= 4 is 44.7 Å². The van der Waals surface area contributed by atoms with Gasteiger partial charge in [0.25, 0.3) is 5.56 Å². The summed E-state index contributed by atoms with van der Waals surface area (Å²) in [5.74, 6) is -0.0740. The second-order valence-electron chi connectivity index (χ2n) is 7.46. The van der Waals surface area contributed by atoms with E-state index in [4.69, 9.17) is 11.6 Å². The van der Waals surface area contributed by atoms with Gasteiger partial charge in [0.2, 0.25) is 5.91 Å². The molecule has 1 aromatic carbocycles. The summed E-state index contributed by atoms with van der Waals surface area (Å²) in [6.45, 7) is 0.0995. The third-order valence-corrected chi connectivity index (χ3v) is 6.53. The summed E-state index contributed by atoms with van der Waals surface area (Å²) < 4.78 is 38.9. The minimum Gasteiger partial charge on any atom is -0.325 e. The van der Waals surface area contributed by atoms with E-state index in [9.17, 15) is 22.8 Å². The molecular formula is C20H18ClF3N4O2S. The SMILES string of the molecule is CN(CC(=O)Nc1ccc(Cl)c(C(F)(F)F)c1)Cc1nc2sc3c(c2c(=O)[nH]1)CCC3. The molecule has 0 saturated heterocycles. The van der Waals surface area contributed by atoms with Gasteiger partial charge in [-0.1, -0.05) is 11.6 Å². The van der Waals surface area contributed by atoms with E-state index in [1.807, 2.05) is 0 Å². The lowest BCUT2D eigenvalue weighted by atomic mass is 10.2. The van der Waals surface area contributed by atoms with E-state index in [-0.39, 0.29) is 24.3 Å². The number of likely N-dealkylation sites (N-methyl/N-ethyl adjacent to an activating group) is 1. The van der Waals surface area contributed by atoms with Crippen molar-refractivity contribution in [1.29, 1.82) is 0 Å². The largest absolute Gasteiger partial charge is 0.417 e. The number of fused-ring (bicyclic) bond motifs is 3. The van der Waals surface area contributed by atoms with Crippen LogP contribution in [0.4, 0.5) is 18.9 Å². The molecule has 1 aliphatic rings. The molecule has 11 heteroatoms. The maximum Gasteiger partial charge on any atom is 0.417 e. The van der Waals surface area contributed by atoms with Crippen LogP contribution in [0.3, 0.4) is 0 Å². The van der Waals surface area contributed by atoms with Crippen molar-refractivity contribution in [2.45, 2.75) is 32.0 Å². The van der Waals surface area contributed by atoms with Crippen LogP contribution in [-0.2, 0) is 30.4 Å². The predicted octanol–water partition coefficient (Wildman–Crippen LogP) is 4.22. The molecule has 0 saturated carbocycles. The van der Waals surface area contributed by atoms with E-state index in [1.165, 1.54) is 22.3 Å². The Labute approximate surface area is 184 Å². The number of alkyl halides is 3. The molecule has 2 aromatic heterocycles. The van der Waals surface area contributed by atoms with Crippen LogP contribution in [0.2, 0.25) is 5.02 Å². The predicted molar refractivity (Wildman–Crippen MR) is 114 cm³/mol. The van der Waals surface area contributed by atoms with Gasteiger partial charge in [-0.2, -0.15) is 13.2 Å². The van der Waals surface area contributed by atoms with Crippen LogP contribution in [0.1, 0.15) is 28.2 Å². The average molecular weight is 471 g/mol. The van der Waals surface area contributed by atoms with Gasteiger partial charge < -0.3 is 10.3 Å². The van der Waals surface area contributed by atoms with Crippen LogP contribution >= 0.6 is 22.9 Å². The van der Waals surface area contributed by atoms with Crippen LogP contribution in [0.25, 0.3) is 10.2 Å². The molecule has 0 radical (unpaired) electrons. The number of halogens is 4. The van der Waals surface area contributed by atoms with Gasteiger partial charge in [0.05, 0.1) is 29.1 Å². The second kappa shape index (κ2) is 8.25. The van der Waals surface area contributed by atoms with Crippen molar-refractivity contribution in [1.82, 2.24) is 14.9 Å². The van der Waals surface area contributed by atoms with Gasteiger partial charge in [-0.15, -0.1) is 11.3 Å². The number of anilines is 1. The highest BCUT2D eigenvalue weighted by molar-refractivity contribution is 7.18. The molecule has 0 unspecified atom stereocenters. The Morgan fingerprint density at radius 1 is 1.35 bits per heavy atom. The number of amides is 1. The van der Waals surface area contributed by atoms with E-state index in [0.29, 0.717) is 16.0 Å². The van der Waals surface area contributed by atoms with Gasteiger partial charge in [0.1, 0.15) is 10.7 Å². The summed E-state index contributed by atoms with van der Waals surface area (Å²) in [7, 11) is 1.65. The number of hydrogen-bond donors (Lipinski definition) is 2. The summed E-state index contributed by atoms with van der Waals surface area (Å²) in [6, 6.07) is 3.19. The first kappa shape index (κ1) is 21.8. The van der Waals surface area contributed by atoms with Gasteiger partial charge in [-0.25, -0.2) is 4.98 Å². The lowest BCUT2D eigenvalue weighted by Gasteiger charge is -2.16. The average Bonchev–Trinajstić information content (AvgIpc) is 3.22. The minimum atomic E-state index is -4.62. The summed E-state index contributed by atoms with van der Waals surface area (Å²) in [5.41, 5.74) is -0.109. The number of aryl methyl sites for hydroxylation is 2. The number of aromatic nitrogens is 2. The summed E-state index contributed by atoms with van der Waals surface area (Å²) in [5, 5.41) is 2.66. The lowest BCUT2D eigenvalue weighted by molar-refractivity contribution is -0.137. The highest BCUT2D eigenvalue weighted by Gasteiger charge is 2.33. The Kier molecular flexibility index (Phi) is 5.80. The molecule has 31 heavy (non-hydrogen) atoms. The van der Waals surface area contributed by atoms with Crippen molar-refractivity contribution in [2.75, 3.05) is 18.9 Å². The highest BCUT2D eigenvalue weighted by atomic mass is 35.5. The molecule has 2 N–H and O–H groups in total. The normalized spacial score (nSPS) is 13.7. The second-order valence-corrected chi connectivity index (χ2v) is 8.95. The van der Waals surface area contributed by atoms with Crippen molar-refractivity contribution in [2.24, 2.45) is 0 Å². The standard InChI is InChI=1S/C20H18ClF3N4O2S/c1-28(9-16(29)25-10-5-6-13(21)12(7-10)20(22,23)24)8-15-26-18(30)17-11-3-2-4-14(11)31-19(17)27-15/h5-7H,2-4,8-9H2,1H3,(H,25,29)(H,26,27,30). The van der Waals surface area contributed by atoms with Crippen LogP contribution in [0, 0.1) is 0 Å². The number of aromatic amines is 1. The highest BCUT2D eigenvalue weighted by Crippen LogP contribution is 2.36.